The van der Waals surface area contributed by atoms with Gasteiger partial charge in [0.25, 0.3) is 5.91 Å². The third kappa shape index (κ3) is 3.78. The average molecular weight is 382 g/mol. The van der Waals surface area contributed by atoms with Crippen LogP contribution < -0.4 is 10.2 Å². The van der Waals surface area contributed by atoms with E-state index < -0.39 is 5.82 Å². The molecule has 0 saturated carbocycles. The highest BCUT2D eigenvalue weighted by Gasteiger charge is 2.18. The molecule has 27 heavy (non-hydrogen) atoms. The third-order valence-corrected chi connectivity index (χ3v) is 4.93. The number of hydrogen-bond acceptors (Lipinski definition) is 3. The van der Waals surface area contributed by atoms with Gasteiger partial charge in [0.05, 0.1) is 5.02 Å². The number of amides is 1. The number of aromatic nitrogens is 1. The second-order valence-corrected chi connectivity index (χ2v) is 6.83. The van der Waals surface area contributed by atoms with Gasteiger partial charge in [-0.3, -0.25) is 4.79 Å². The first-order valence-electron chi connectivity index (χ1n) is 8.64. The predicted octanol–water partition coefficient (Wildman–Crippen LogP) is 4.69. The molecule has 4 nitrogen and oxygen atoms in total. The van der Waals surface area contributed by atoms with Crippen LogP contribution in [0.1, 0.15) is 21.5 Å². The van der Waals surface area contributed by atoms with Gasteiger partial charge in [0, 0.05) is 30.5 Å². The summed E-state index contributed by atoms with van der Waals surface area (Å²) < 4.78 is 13.3. The molecule has 0 aliphatic carbocycles. The molecule has 1 aromatic heterocycles. The van der Waals surface area contributed by atoms with Gasteiger partial charge in [-0.1, -0.05) is 35.9 Å². The van der Waals surface area contributed by atoms with E-state index >= 15 is 0 Å². The lowest BCUT2D eigenvalue weighted by molar-refractivity contribution is 0.102. The number of rotatable bonds is 3. The molecule has 0 atom stereocenters. The second kappa shape index (κ2) is 7.37. The summed E-state index contributed by atoms with van der Waals surface area (Å²) in [5.41, 5.74) is 3.56. The van der Waals surface area contributed by atoms with Crippen LogP contribution >= 0.6 is 11.6 Å². The van der Waals surface area contributed by atoms with Gasteiger partial charge in [-0.25, -0.2) is 9.37 Å². The van der Waals surface area contributed by atoms with Crippen LogP contribution in [-0.4, -0.2) is 17.4 Å². The number of fused-ring (bicyclic) bond motifs is 1. The number of halogens is 2. The highest BCUT2D eigenvalue weighted by molar-refractivity contribution is 6.31. The van der Waals surface area contributed by atoms with Crippen molar-refractivity contribution in [1.82, 2.24) is 4.98 Å². The molecule has 3 aromatic rings. The van der Waals surface area contributed by atoms with Gasteiger partial charge < -0.3 is 10.2 Å². The van der Waals surface area contributed by atoms with Crippen molar-refractivity contribution in [1.29, 1.82) is 0 Å². The van der Waals surface area contributed by atoms with Gasteiger partial charge in [0.2, 0.25) is 0 Å². The molecule has 0 unspecified atom stereocenters. The van der Waals surface area contributed by atoms with E-state index in [4.69, 9.17) is 11.6 Å². The molecule has 0 spiro atoms. The minimum absolute atomic E-state index is 0.0322. The SMILES string of the molecule is O=C(Nc1ccc(F)c(Cl)c1)c1ccnc(N2CCc3ccccc3C2)c1. The largest absolute Gasteiger partial charge is 0.352 e. The van der Waals surface area contributed by atoms with Crippen LogP contribution in [-0.2, 0) is 13.0 Å². The van der Waals surface area contributed by atoms with E-state index in [-0.39, 0.29) is 10.9 Å². The van der Waals surface area contributed by atoms with Crippen molar-refractivity contribution in [2.24, 2.45) is 0 Å². The van der Waals surface area contributed by atoms with Crippen LogP contribution in [0.15, 0.2) is 60.8 Å². The number of anilines is 2. The van der Waals surface area contributed by atoms with Crippen LogP contribution in [0.5, 0.6) is 0 Å². The van der Waals surface area contributed by atoms with E-state index in [1.807, 2.05) is 6.07 Å². The summed E-state index contributed by atoms with van der Waals surface area (Å²) in [6, 6.07) is 15.9. The Morgan fingerprint density at radius 1 is 1.11 bits per heavy atom. The molecular formula is C21H17ClFN3O. The van der Waals surface area contributed by atoms with Crippen molar-refractivity contribution in [3.8, 4) is 0 Å². The summed E-state index contributed by atoms with van der Waals surface area (Å²) in [7, 11) is 0. The van der Waals surface area contributed by atoms with Crippen LogP contribution in [0.25, 0.3) is 0 Å². The quantitative estimate of drug-likeness (QED) is 0.716. The van der Waals surface area contributed by atoms with E-state index in [1.165, 1.54) is 29.3 Å². The molecule has 0 saturated heterocycles. The Labute approximate surface area is 161 Å². The number of carbonyl (C=O) groups excluding carboxylic acids is 1. The van der Waals surface area contributed by atoms with Crippen molar-refractivity contribution in [3.05, 3.63) is 88.3 Å². The number of benzene rings is 2. The summed E-state index contributed by atoms with van der Waals surface area (Å²) in [5, 5.41) is 2.70. The van der Waals surface area contributed by atoms with Crippen LogP contribution in [0.3, 0.4) is 0 Å². The number of carbonyl (C=O) groups is 1. The Kier molecular flexibility index (Phi) is 4.77. The minimum Gasteiger partial charge on any atom is -0.352 e. The fourth-order valence-electron chi connectivity index (χ4n) is 3.20. The standard InChI is InChI=1S/C21H17ClFN3O/c22-18-12-17(5-6-19(18)23)25-21(27)15-7-9-24-20(11-15)26-10-8-14-3-1-2-4-16(14)13-26/h1-7,9,11-12H,8,10,13H2,(H,25,27). The number of nitrogens with zero attached hydrogens (tertiary/aromatic N) is 2. The van der Waals surface area contributed by atoms with Crippen LogP contribution in [0.4, 0.5) is 15.9 Å². The first-order valence-corrected chi connectivity index (χ1v) is 9.02. The number of pyridine rings is 1. The Hall–Kier alpha value is -2.92. The predicted molar refractivity (Wildman–Crippen MR) is 105 cm³/mol. The molecule has 0 fully saturated rings. The first-order chi connectivity index (χ1) is 13.1. The Morgan fingerprint density at radius 2 is 1.93 bits per heavy atom. The maximum Gasteiger partial charge on any atom is 0.255 e. The van der Waals surface area contributed by atoms with Gasteiger partial charge in [0.1, 0.15) is 11.6 Å². The zero-order valence-electron chi connectivity index (χ0n) is 14.5. The molecule has 1 N–H and O–H groups in total. The van der Waals surface area contributed by atoms with Gasteiger partial charge in [-0.05, 0) is 47.9 Å². The average Bonchev–Trinajstić information content (AvgIpc) is 2.70. The van der Waals surface area contributed by atoms with E-state index in [0.29, 0.717) is 11.3 Å². The minimum atomic E-state index is -0.522. The van der Waals surface area contributed by atoms with Crippen molar-refractivity contribution in [3.63, 3.8) is 0 Å². The van der Waals surface area contributed by atoms with Crippen LogP contribution in [0.2, 0.25) is 5.02 Å². The Balaban J connectivity index is 1.52. The Morgan fingerprint density at radius 3 is 2.74 bits per heavy atom. The van der Waals surface area contributed by atoms with E-state index in [1.54, 1.807) is 18.3 Å². The lowest BCUT2D eigenvalue weighted by atomic mass is 10.00. The lowest BCUT2D eigenvalue weighted by Gasteiger charge is -2.29. The maximum atomic E-state index is 13.3. The molecule has 6 heteroatoms. The topological polar surface area (TPSA) is 45.2 Å². The van der Waals surface area contributed by atoms with Crippen molar-refractivity contribution >= 4 is 29.0 Å². The first kappa shape index (κ1) is 17.5. The fraction of sp³-hybridized carbons (Fsp3) is 0.143. The zero-order chi connectivity index (χ0) is 18.8. The highest BCUT2D eigenvalue weighted by Crippen LogP contribution is 2.24. The molecule has 2 heterocycles. The monoisotopic (exact) mass is 381 g/mol. The number of nitrogens with one attached hydrogen (secondary N) is 1. The van der Waals surface area contributed by atoms with Gasteiger partial charge in [0.15, 0.2) is 0 Å². The zero-order valence-corrected chi connectivity index (χ0v) is 15.2. The summed E-state index contributed by atoms with van der Waals surface area (Å²) in [5.74, 6) is -0.0562. The molecule has 1 aliphatic rings. The molecule has 1 amide bonds. The lowest BCUT2D eigenvalue weighted by Crippen LogP contribution is -2.31. The fourth-order valence-corrected chi connectivity index (χ4v) is 3.38. The van der Waals surface area contributed by atoms with Crippen molar-refractivity contribution in [2.45, 2.75) is 13.0 Å². The van der Waals surface area contributed by atoms with Crippen LogP contribution in [0, 0.1) is 5.82 Å². The van der Waals surface area contributed by atoms with Gasteiger partial charge in [-0.15, -0.1) is 0 Å². The molecule has 1 aliphatic heterocycles. The second-order valence-electron chi connectivity index (χ2n) is 6.43. The Bertz CT molecular complexity index is 1010. The van der Waals surface area contributed by atoms with Gasteiger partial charge in [-0.2, -0.15) is 0 Å². The van der Waals surface area contributed by atoms with E-state index in [9.17, 15) is 9.18 Å². The van der Waals surface area contributed by atoms with Crippen molar-refractivity contribution < 1.29 is 9.18 Å². The van der Waals surface area contributed by atoms with E-state index in [2.05, 4.69) is 33.4 Å². The molecule has 2 aromatic carbocycles. The summed E-state index contributed by atoms with van der Waals surface area (Å²) in [4.78, 5) is 19.1. The number of hydrogen-bond donors (Lipinski definition) is 1. The molecule has 0 bridgehead atoms. The highest BCUT2D eigenvalue weighted by atomic mass is 35.5. The van der Waals surface area contributed by atoms with Crippen molar-refractivity contribution in [2.75, 3.05) is 16.8 Å². The summed E-state index contributed by atoms with van der Waals surface area (Å²) in [6.45, 7) is 1.62. The molecule has 0 radical (unpaired) electrons. The third-order valence-electron chi connectivity index (χ3n) is 4.64. The van der Waals surface area contributed by atoms with E-state index in [0.717, 1.165) is 25.3 Å². The smallest absolute Gasteiger partial charge is 0.255 e. The molecule has 136 valence electrons. The van der Waals surface area contributed by atoms with Gasteiger partial charge >= 0.3 is 0 Å². The molecule has 4 rings (SSSR count). The molecular weight excluding hydrogens is 365 g/mol. The maximum absolute atomic E-state index is 13.3. The summed E-state index contributed by atoms with van der Waals surface area (Å²) >= 11 is 5.77. The summed E-state index contributed by atoms with van der Waals surface area (Å²) in [6.07, 6.45) is 2.57. The normalized spacial score (nSPS) is 13.2.